The standard InChI is InChI=1S/C24H23N3O3/c1-4-16-30-21-12-10-19(11-13-21)14-15-25-24(29)23(28)22-17(2)26-27(18(22)3)20-8-6-5-7-9-20/h1,5-13H,14-16H2,2-3H3,(H,25,29). The number of hydrogen-bond donors (Lipinski definition) is 1. The van der Waals surface area contributed by atoms with E-state index in [-0.39, 0.29) is 6.61 Å². The quantitative estimate of drug-likeness (QED) is 0.358. The lowest BCUT2D eigenvalue weighted by molar-refractivity contribution is -0.116. The molecule has 0 saturated carbocycles. The predicted molar refractivity (Wildman–Crippen MR) is 115 cm³/mol. The maximum Gasteiger partial charge on any atom is 0.292 e. The minimum atomic E-state index is -0.636. The Morgan fingerprint density at radius 2 is 1.80 bits per heavy atom. The molecule has 1 amide bonds. The minimum Gasteiger partial charge on any atom is -0.481 e. The molecule has 3 rings (SSSR count). The molecule has 0 radical (unpaired) electrons. The summed E-state index contributed by atoms with van der Waals surface area (Å²) < 4.78 is 7.01. The Hall–Kier alpha value is -3.85. The molecule has 0 unspecified atom stereocenters. The van der Waals surface area contributed by atoms with Gasteiger partial charge in [0.25, 0.3) is 11.7 Å². The van der Waals surface area contributed by atoms with E-state index < -0.39 is 11.7 Å². The van der Waals surface area contributed by atoms with Crippen LogP contribution in [0.5, 0.6) is 5.75 Å². The lowest BCUT2D eigenvalue weighted by atomic mass is 10.1. The van der Waals surface area contributed by atoms with Gasteiger partial charge >= 0.3 is 0 Å². The fourth-order valence-corrected chi connectivity index (χ4v) is 3.18. The van der Waals surface area contributed by atoms with Crippen LogP contribution in [-0.2, 0) is 11.2 Å². The third-order valence-electron chi connectivity index (χ3n) is 4.67. The van der Waals surface area contributed by atoms with Crippen LogP contribution < -0.4 is 10.1 Å². The van der Waals surface area contributed by atoms with Crippen molar-refractivity contribution in [3.63, 3.8) is 0 Å². The van der Waals surface area contributed by atoms with Gasteiger partial charge < -0.3 is 10.1 Å². The summed E-state index contributed by atoms with van der Waals surface area (Å²) in [7, 11) is 0. The summed E-state index contributed by atoms with van der Waals surface area (Å²) in [6, 6.07) is 17.0. The first-order valence-corrected chi connectivity index (χ1v) is 9.60. The van der Waals surface area contributed by atoms with Crippen LogP contribution >= 0.6 is 0 Å². The summed E-state index contributed by atoms with van der Waals surface area (Å²) >= 11 is 0. The van der Waals surface area contributed by atoms with Gasteiger partial charge in [-0.1, -0.05) is 36.3 Å². The van der Waals surface area contributed by atoms with E-state index in [4.69, 9.17) is 11.2 Å². The molecular weight excluding hydrogens is 378 g/mol. The van der Waals surface area contributed by atoms with Gasteiger partial charge in [0.05, 0.1) is 22.6 Å². The van der Waals surface area contributed by atoms with Gasteiger partial charge in [0, 0.05) is 6.54 Å². The van der Waals surface area contributed by atoms with Gasteiger partial charge in [-0.15, -0.1) is 6.42 Å². The van der Waals surface area contributed by atoms with Gasteiger partial charge in [0.15, 0.2) is 0 Å². The molecular formula is C24H23N3O3. The van der Waals surface area contributed by atoms with Crippen LogP contribution in [0.25, 0.3) is 5.69 Å². The number of ether oxygens (including phenoxy) is 1. The van der Waals surface area contributed by atoms with Crippen LogP contribution in [0.2, 0.25) is 0 Å². The minimum absolute atomic E-state index is 0.219. The van der Waals surface area contributed by atoms with Gasteiger partial charge in [0.2, 0.25) is 0 Å². The summed E-state index contributed by atoms with van der Waals surface area (Å²) in [5, 5.41) is 7.13. The molecule has 0 fully saturated rings. The highest BCUT2D eigenvalue weighted by atomic mass is 16.5. The van der Waals surface area contributed by atoms with Crippen LogP contribution in [0.15, 0.2) is 54.6 Å². The summed E-state index contributed by atoms with van der Waals surface area (Å²) in [5.41, 5.74) is 3.36. The van der Waals surface area contributed by atoms with Crippen molar-refractivity contribution in [1.29, 1.82) is 0 Å². The number of ketones is 1. The van der Waals surface area contributed by atoms with Crippen LogP contribution in [0.1, 0.15) is 27.3 Å². The number of hydrogen-bond acceptors (Lipinski definition) is 4. The second-order valence-electron chi connectivity index (χ2n) is 6.76. The van der Waals surface area contributed by atoms with Gasteiger partial charge in [-0.05, 0) is 50.1 Å². The summed E-state index contributed by atoms with van der Waals surface area (Å²) in [4.78, 5) is 25.1. The van der Waals surface area contributed by atoms with E-state index in [1.165, 1.54) is 0 Å². The number of amides is 1. The second-order valence-corrected chi connectivity index (χ2v) is 6.76. The highest BCUT2D eigenvalue weighted by Gasteiger charge is 2.24. The van der Waals surface area contributed by atoms with E-state index in [1.807, 2.05) is 54.6 Å². The monoisotopic (exact) mass is 401 g/mol. The van der Waals surface area contributed by atoms with E-state index in [9.17, 15) is 9.59 Å². The van der Waals surface area contributed by atoms with Crippen LogP contribution in [0, 0.1) is 26.2 Å². The molecule has 0 aliphatic heterocycles. The SMILES string of the molecule is C#CCOc1ccc(CCNC(=O)C(=O)c2c(C)nn(-c3ccccc3)c2C)cc1. The summed E-state index contributed by atoms with van der Waals surface area (Å²) in [6.07, 6.45) is 5.76. The average molecular weight is 401 g/mol. The van der Waals surface area contributed by atoms with Crippen molar-refractivity contribution in [2.24, 2.45) is 0 Å². The molecule has 1 heterocycles. The first-order chi connectivity index (χ1) is 14.5. The smallest absolute Gasteiger partial charge is 0.292 e. The van der Waals surface area contributed by atoms with Crippen LogP contribution in [0.3, 0.4) is 0 Å². The Balaban J connectivity index is 1.61. The van der Waals surface area contributed by atoms with Gasteiger partial charge in [0.1, 0.15) is 12.4 Å². The van der Waals surface area contributed by atoms with E-state index >= 15 is 0 Å². The van der Waals surface area contributed by atoms with E-state index in [0.29, 0.717) is 35.7 Å². The molecule has 2 aromatic carbocycles. The highest BCUT2D eigenvalue weighted by Crippen LogP contribution is 2.18. The van der Waals surface area contributed by atoms with Crippen LogP contribution in [0.4, 0.5) is 0 Å². The number of rotatable bonds is 8. The summed E-state index contributed by atoms with van der Waals surface area (Å²) in [6.45, 7) is 4.09. The Morgan fingerprint density at radius 1 is 1.10 bits per heavy atom. The summed E-state index contributed by atoms with van der Waals surface area (Å²) in [5.74, 6) is 1.89. The second kappa shape index (κ2) is 9.57. The number of terminal acetylenes is 1. The largest absolute Gasteiger partial charge is 0.481 e. The van der Waals surface area contributed by atoms with E-state index in [0.717, 1.165) is 11.3 Å². The molecule has 0 aliphatic rings. The first kappa shape index (κ1) is 20.9. The topological polar surface area (TPSA) is 73.2 Å². The maximum atomic E-state index is 12.7. The Labute approximate surface area is 175 Å². The van der Waals surface area contributed by atoms with Crippen molar-refractivity contribution >= 4 is 11.7 Å². The van der Waals surface area contributed by atoms with Gasteiger partial charge in [-0.3, -0.25) is 9.59 Å². The number of aromatic nitrogens is 2. The number of para-hydroxylation sites is 1. The van der Waals surface area contributed by atoms with Crippen molar-refractivity contribution in [2.75, 3.05) is 13.2 Å². The van der Waals surface area contributed by atoms with Crippen LogP contribution in [-0.4, -0.2) is 34.6 Å². The van der Waals surface area contributed by atoms with E-state index in [2.05, 4.69) is 16.3 Å². The number of Topliss-reactive ketones (excluding diaryl/α,β-unsaturated/α-hetero) is 1. The fourth-order valence-electron chi connectivity index (χ4n) is 3.18. The fraction of sp³-hybridized carbons (Fsp3) is 0.208. The molecule has 1 N–H and O–H groups in total. The normalized spacial score (nSPS) is 10.3. The van der Waals surface area contributed by atoms with Crippen molar-refractivity contribution in [3.05, 3.63) is 77.1 Å². The number of carbonyl (C=O) groups excluding carboxylic acids is 2. The molecule has 3 aromatic rings. The lowest BCUT2D eigenvalue weighted by Crippen LogP contribution is -2.33. The first-order valence-electron chi connectivity index (χ1n) is 9.60. The number of nitrogens with zero attached hydrogens (tertiary/aromatic N) is 2. The number of benzene rings is 2. The molecule has 0 aliphatic carbocycles. The predicted octanol–water partition coefficient (Wildman–Crippen LogP) is 3.04. The molecule has 152 valence electrons. The van der Waals surface area contributed by atoms with Crippen molar-refractivity contribution in [1.82, 2.24) is 15.1 Å². The molecule has 30 heavy (non-hydrogen) atoms. The highest BCUT2D eigenvalue weighted by molar-refractivity contribution is 6.43. The molecule has 0 spiro atoms. The number of nitrogens with one attached hydrogen (secondary N) is 1. The number of aryl methyl sites for hydroxylation is 1. The van der Waals surface area contributed by atoms with Gasteiger partial charge in [-0.2, -0.15) is 5.10 Å². The zero-order valence-corrected chi connectivity index (χ0v) is 17.0. The van der Waals surface area contributed by atoms with Crippen molar-refractivity contribution in [2.45, 2.75) is 20.3 Å². The molecule has 0 atom stereocenters. The maximum absolute atomic E-state index is 12.7. The Kier molecular flexibility index (Phi) is 6.66. The number of carbonyl (C=O) groups is 2. The Morgan fingerprint density at radius 3 is 2.47 bits per heavy atom. The Bertz CT molecular complexity index is 1080. The van der Waals surface area contributed by atoms with Crippen molar-refractivity contribution in [3.8, 4) is 23.8 Å². The zero-order valence-electron chi connectivity index (χ0n) is 17.0. The third-order valence-corrected chi connectivity index (χ3v) is 4.67. The van der Waals surface area contributed by atoms with E-state index in [1.54, 1.807) is 18.5 Å². The zero-order chi connectivity index (χ0) is 21.5. The average Bonchev–Trinajstić information content (AvgIpc) is 3.07. The molecule has 0 saturated heterocycles. The third kappa shape index (κ3) is 4.76. The van der Waals surface area contributed by atoms with Gasteiger partial charge in [-0.25, -0.2) is 4.68 Å². The molecule has 6 heteroatoms. The molecule has 6 nitrogen and oxygen atoms in total. The van der Waals surface area contributed by atoms with Crippen molar-refractivity contribution < 1.29 is 14.3 Å². The lowest BCUT2D eigenvalue weighted by Gasteiger charge is -2.07. The molecule has 0 bridgehead atoms. The molecule has 1 aromatic heterocycles.